The van der Waals surface area contributed by atoms with Crippen LogP contribution in [0.5, 0.6) is 0 Å². The fourth-order valence-electron chi connectivity index (χ4n) is 2.94. The second-order valence-corrected chi connectivity index (χ2v) is 5.61. The van der Waals surface area contributed by atoms with Crippen LogP contribution in [-0.4, -0.2) is 5.78 Å². The topological polar surface area (TPSA) is 76.1 Å². The van der Waals surface area contributed by atoms with E-state index in [1.54, 1.807) is 42.5 Å². The van der Waals surface area contributed by atoms with Gasteiger partial charge in [-0.3, -0.25) is 4.79 Å². The lowest BCUT2D eigenvalue weighted by molar-refractivity contribution is -0.113. The van der Waals surface area contributed by atoms with Crippen LogP contribution in [0.3, 0.4) is 0 Å². The summed E-state index contributed by atoms with van der Waals surface area (Å²) in [6.45, 7) is 1.37. The highest BCUT2D eigenvalue weighted by Crippen LogP contribution is 2.43. The fraction of sp³-hybridized carbons (Fsp3) is 0.100. The molecule has 2 aromatic carbocycles. The van der Waals surface area contributed by atoms with E-state index in [-0.39, 0.29) is 34.1 Å². The van der Waals surface area contributed by atoms with Crippen LogP contribution in [0, 0.1) is 17.1 Å². The summed E-state index contributed by atoms with van der Waals surface area (Å²) >= 11 is 0. The predicted molar refractivity (Wildman–Crippen MR) is 91.1 cm³/mol. The second kappa shape index (κ2) is 6.62. The van der Waals surface area contributed by atoms with Crippen LogP contribution in [-0.2, 0) is 9.53 Å². The molecule has 3 rings (SSSR count). The quantitative estimate of drug-likeness (QED) is 0.930. The Balaban J connectivity index is 2.31. The minimum atomic E-state index is -0.910. The number of carbonyl (C=O) groups is 1. The van der Waals surface area contributed by atoms with Crippen molar-refractivity contribution in [2.45, 2.75) is 12.8 Å². The summed E-state index contributed by atoms with van der Waals surface area (Å²) in [7, 11) is 0. The number of rotatable bonds is 3. The number of nitriles is 1. The van der Waals surface area contributed by atoms with Gasteiger partial charge in [0.2, 0.25) is 5.88 Å². The first-order valence-corrected chi connectivity index (χ1v) is 7.67. The van der Waals surface area contributed by atoms with Crippen molar-refractivity contribution in [3.8, 4) is 6.07 Å². The molecule has 0 bridgehead atoms. The highest BCUT2D eigenvalue weighted by Gasteiger charge is 2.36. The second-order valence-electron chi connectivity index (χ2n) is 5.61. The van der Waals surface area contributed by atoms with Crippen LogP contribution in [0.2, 0.25) is 0 Å². The average Bonchev–Trinajstić information content (AvgIpc) is 2.61. The van der Waals surface area contributed by atoms with Crippen LogP contribution in [0.25, 0.3) is 5.76 Å². The van der Waals surface area contributed by atoms with E-state index in [2.05, 4.69) is 0 Å². The lowest BCUT2D eigenvalue weighted by Crippen LogP contribution is -2.24. The number of nitrogens with zero attached hydrogens (tertiary/aromatic N) is 1. The number of ether oxygens (including phenoxy) is 1. The number of hydrogen-bond donors (Lipinski definition) is 1. The first-order chi connectivity index (χ1) is 12.0. The van der Waals surface area contributed by atoms with Crippen LogP contribution < -0.4 is 5.73 Å². The van der Waals surface area contributed by atoms with Gasteiger partial charge in [0.1, 0.15) is 23.2 Å². The number of Topliss-reactive ketones (excluding diaryl/α,β-unsaturated/α-hetero) is 1. The summed E-state index contributed by atoms with van der Waals surface area (Å²) in [5.74, 6) is -1.61. The SMILES string of the molecule is CC(=O)C1=C(c2ccccc2)OC(N)=C(C#N)[C@H]1c1ccccc1F. The highest BCUT2D eigenvalue weighted by atomic mass is 19.1. The minimum absolute atomic E-state index is 0.0231. The highest BCUT2D eigenvalue weighted by molar-refractivity contribution is 6.03. The number of ketones is 1. The van der Waals surface area contributed by atoms with E-state index < -0.39 is 11.7 Å². The molecule has 0 saturated heterocycles. The van der Waals surface area contributed by atoms with Gasteiger partial charge < -0.3 is 10.5 Å². The first-order valence-electron chi connectivity index (χ1n) is 7.67. The number of halogens is 1. The number of benzene rings is 2. The van der Waals surface area contributed by atoms with Crippen molar-refractivity contribution >= 4 is 11.5 Å². The molecule has 2 N–H and O–H groups in total. The maximum atomic E-state index is 14.4. The maximum absolute atomic E-state index is 14.4. The van der Waals surface area contributed by atoms with Crippen LogP contribution >= 0.6 is 0 Å². The van der Waals surface area contributed by atoms with Crippen LogP contribution in [0.15, 0.2) is 71.6 Å². The summed E-state index contributed by atoms with van der Waals surface area (Å²) in [5.41, 5.74) is 7.00. The summed E-state index contributed by atoms with van der Waals surface area (Å²) in [6, 6.07) is 16.9. The average molecular weight is 334 g/mol. The molecule has 1 aliphatic heterocycles. The van der Waals surface area contributed by atoms with Gasteiger partial charge in [0, 0.05) is 11.1 Å². The molecule has 0 spiro atoms. The van der Waals surface area contributed by atoms with Crippen LogP contribution in [0.4, 0.5) is 4.39 Å². The molecule has 0 radical (unpaired) electrons. The van der Waals surface area contributed by atoms with Gasteiger partial charge in [-0.15, -0.1) is 0 Å². The Bertz CT molecular complexity index is 940. The van der Waals surface area contributed by atoms with Gasteiger partial charge in [0.05, 0.1) is 11.5 Å². The smallest absolute Gasteiger partial charge is 0.205 e. The van der Waals surface area contributed by atoms with Gasteiger partial charge in [-0.25, -0.2) is 4.39 Å². The van der Waals surface area contributed by atoms with Crippen LogP contribution in [0.1, 0.15) is 24.0 Å². The Labute approximate surface area is 144 Å². The van der Waals surface area contributed by atoms with E-state index in [1.165, 1.54) is 13.0 Å². The first kappa shape index (κ1) is 16.5. The molecule has 1 aliphatic rings. The zero-order chi connectivity index (χ0) is 18.0. The monoisotopic (exact) mass is 334 g/mol. The zero-order valence-corrected chi connectivity index (χ0v) is 13.5. The van der Waals surface area contributed by atoms with Crippen molar-refractivity contribution in [2.75, 3.05) is 0 Å². The molecule has 0 unspecified atom stereocenters. The number of nitrogens with two attached hydrogens (primary N) is 1. The van der Waals surface area contributed by atoms with Crippen molar-refractivity contribution in [3.05, 3.63) is 88.6 Å². The van der Waals surface area contributed by atoms with E-state index >= 15 is 0 Å². The molecule has 0 fully saturated rings. The largest absolute Gasteiger partial charge is 0.439 e. The van der Waals surface area contributed by atoms with E-state index in [0.717, 1.165) is 0 Å². The number of allylic oxidation sites excluding steroid dienone is 2. The van der Waals surface area contributed by atoms with E-state index in [9.17, 15) is 14.4 Å². The Morgan fingerprint density at radius 2 is 1.80 bits per heavy atom. The molecule has 1 atom stereocenters. The van der Waals surface area contributed by atoms with Gasteiger partial charge in [0.15, 0.2) is 5.78 Å². The van der Waals surface area contributed by atoms with Gasteiger partial charge in [-0.2, -0.15) is 5.26 Å². The normalized spacial score (nSPS) is 17.1. The van der Waals surface area contributed by atoms with E-state index in [4.69, 9.17) is 10.5 Å². The Kier molecular flexibility index (Phi) is 4.36. The third-order valence-corrected chi connectivity index (χ3v) is 4.05. The molecule has 2 aromatic rings. The third kappa shape index (κ3) is 2.90. The van der Waals surface area contributed by atoms with Gasteiger partial charge >= 0.3 is 0 Å². The molecular weight excluding hydrogens is 319 g/mol. The standard InChI is InChI=1S/C20H15FN2O2/c1-12(24)17-18(14-9-5-6-10-16(14)21)15(11-22)20(23)25-19(17)13-7-3-2-4-8-13/h2-10,18H,23H2,1H3/t18-/m1/s1. The van der Waals surface area contributed by atoms with Gasteiger partial charge in [0.25, 0.3) is 0 Å². The molecule has 1 heterocycles. The fourth-order valence-corrected chi connectivity index (χ4v) is 2.94. The molecule has 0 amide bonds. The summed E-state index contributed by atoms with van der Waals surface area (Å²) in [6.07, 6.45) is 0. The lowest BCUT2D eigenvalue weighted by Gasteiger charge is -2.28. The summed E-state index contributed by atoms with van der Waals surface area (Å²) in [4.78, 5) is 12.4. The third-order valence-electron chi connectivity index (χ3n) is 4.05. The Hall–Kier alpha value is -3.39. The maximum Gasteiger partial charge on any atom is 0.205 e. The molecule has 124 valence electrons. The molecule has 0 aromatic heterocycles. The zero-order valence-electron chi connectivity index (χ0n) is 13.5. The molecule has 0 saturated carbocycles. The molecule has 4 nitrogen and oxygen atoms in total. The van der Waals surface area contributed by atoms with Crippen molar-refractivity contribution in [1.82, 2.24) is 0 Å². The number of carbonyl (C=O) groups excluding carboxylic acids is 1. The predicted octanol–water partition coefficient (Wildman–Crippen LogP) is 3.63. The molecule has 0 aliphatic carbocycles. The van der Waals surface area contributed by atoms with E-state index in [1.807, 2.05) is 12.1 Å². The van der Waals surface area contributed by atoms with Crippen molar-refractivity contribution in [2.24, 2.45) is 5.73 Å². The van der Waals surface area contributed by atoms with Gasteiger partial charge in [-0.05, 0) is 13.0 Å². The molecular formula is C20H15FN2O2. The van der Waals surface area contributed by atoms with Crippen molar-refractivity contribution in [1.29, 1.82) is 5.26 Å². The lowest BCUT2D eigenvalue weighted by atomic mass is 9.80. The summed E-state index contributed by atoms with van der Waals surface area (Å²) < 4.78 is 20.0. The van der Waals surface area contributed by atoms with Crippen molar-refractivity contribution < 1.29 is 13.9 Å². The van der Waals surface area contributed by atoms with Crippen molar-refractivity contribution in [3.63, 3.8) is 0 Å². The Morgan fingerprint density at radius 1 is 1.16 bits per heavy atom. The van der Waals surface area contributed by atoms with E-state index in [0.29, 0.717) is 5.56 Å². The minimum Gasteiger partial charge on any atom is -0.439 e. The summed E-state index contributed by atoms with van der Waals surface area (Å²) in [5, 5.41) is 9.52. The Morgan fingerprint density at radius 3 is 2.40 bits per heavy atom. The molecule has 5 heteroatoms. The van der Waals surface area contributed by atoms with Gasteiger partial charge in [-0.1, -0.05) is 48.5 Å². The number of hydrogen-bond acceptors (Lipinski definition) is 4. The molecule has 25 heavy (non-hydrogen) atoms.